The molecule has 0 aliphatic heterocycles. The van der Waals surface area contributed by atoms with Crippen LogP contribution in [0.1, 0.15) is 0 Å². The molecule has 0 rings (SSSR count). The predicted octanol–water partition coefficient (Wildman–Crippen LogP) is -1.52. The summed E-state index contributed by atoms with van der Waals surface area (Å²) in [6.45, 7) is 0. The maximum atomic E-state index is 0. The Morgan fingerprint density at radius 2 is 0.500 bits per heavy atom. The van der Waals surface area contributed by atoms with Crippen molar-refractivity contribution in [1.82, 2.24) is 0 Å². The Balaban J connectivity index is 0. The Kier molecular flexibility index (Phi) is 102. The molecular formula is Na2Te2. The quantitative estimate of drug-likeness (QED) is 0.477. The Morgan fingerprint density at radius 3 is 0.500 bits per heavy atom. The molecule has 0 aliphatic carbocycles. The Morgan fingerprint density at radius 1 is 0.500 bits per heavy atom. The zero-order valence-corrected chi connectivity index (χ0v) is 11.5. The molecule has 0 saturated carbocycles. The summed E-state index contributed by atoms with van der Waals surface area (Å²) in [4.78, 5) is 0. The minimum Gasteiger partial charge on any atom is 0 e. The van der Waals surface area contributed by atoms with Crippen LogP contribution in [0.2, 0.25) is 0 Å². The predicted molar refractivity (Wildman–Crippen MR) is 23.0 cm³/mol. The van der Waals surface area contributed by atoms with Crippen LogP contribution in [-0.2, 0) is 0 Å². The Labute approximate surface area is 104 Å². The van der Waals surface area contributed by atoms with E-state index in [0.29, 0.717) is 0 Å². The van der Waals surface area contributed by atoms with Gasteiger partial charge in [0.25, 0.3) is 0 Å². The van der Waals surface area contributed by atoms with E-state index in [1.165, 1.54) is 0 Å². The second kappa shape index (κ2) is 16.0. The molecule has 0 amide bonds. The zero-order valence-electron chi connectivity index (χ0n) is 2.82. The van der Waals surface area contributed by atoms with E-state index in [1.54, 1.807) is 0 Å². The number of rotatable bonds is 0. The molecule has 0 atom stereocenters. The molecule has 0 unspecified atom stereocenters. The van der Waals surface area contributed by atoms with Crippen molar-refractivity contribution in [3.05, 3.63) is 0 Å². The molecule has 4 heteroatoms. The van der Waals surface area contributed by atoms with Crippen molar-refractivity contribution in [1.29, 1.82) is 0 Å². The van der Waals surface area contributed by atoms with Gasteiger partial charge in [-0.15, -0.1) is 0 Å². The van der Waals surface area contributed by atoms with E-state index >= 15 is 0 Å². The van der Waals surface area contributed by atoms with Crippen molar-refractivity contribution in [3.63, 3.8) is 0 Å². The third-order valence-corrected chi connectivity index (χ3v) is 0. The Bertz CT molecular complexity index is 4.00. The number of hydrogen-bond acceptors (Lipinski definition) is 0. The minimum atomic E-state index is 0. The molecule has 0 spiro atoms. The standard InChI is InChI=1S/2Na.2Te. The summed E-state index contributed by atoms with van der Waals surface area (Å²) in [6, 6.07) is 0. The normalized spacial score (nSPS) is 0. The molecule has 6 radical (unpaired) electrons. The molecule has 0 aromatic carbocycles. The first-order valence-corrected chi connectivity index (χ1v) is 0. The van der Waals surface area contributed by atoms with E-state index in [9.17, 15) is 0 Å². The van der Waals surface area contributed by atoms with Gasteiger partial charge in [0.05, 0.1) is 0 Å². The van der Waals surface area contributed by atoms with Gasteiger partial charge in [0.1, 0.15) is 0 Å². The molecule has 0 bridgehead atoms. The fourth-order valence-electron chi connectivity index (χ4n) is 0. The van der Waals surface area contributed by atoms with Crippen LogP contribution in [0.4, 0.5) is 0 Å². The van der Waals surface area contributed by atoms with Crippen molar-refractivity contribution < 1.29 is 0 Å². The first-order chi connectivity index (χ1) is 0. The zero-order chi connectivity index (χ0) is 0. The van der Waals surface area contributed by atoms with E-state index in [4.69, 9.17) is 0 Å². The summed E-state index contributed by atoms with van der Waals surface area (Å²) in [5, 5.41) is 0. The third kappa shape index (κ3) is 9.13. The molecule has 14 valence electrons. The third-order valence-electron chi connectivity index (χ3n) is 0. The van der Waals surface area contributed by atoms with Crippen LogP contribution >= 0.6 is 0 Å². The van der Waals surface area contributed by atoms with Crippen LogP contribution in [-0.4, -0.2) is 106 Å². The SMILES string of the molecule is [Na].[Na].[Te].[Te]. The minimum absolute atomic E-state index is 0. The van der Waals surface area contributed by atoms with Gasteiger partial charge in [-0.1, -0.05) is 0 Å². The van der Waals surface area contributed by atoms with E-state index in [1.807, 2.05) is 0 Å². The van der Waals surface area contributed by atoms with Crippen LogP contribution in [0.25, 0.3) is 0 Å². The molecule has 0 fully saturated rings. The maximum absolute atomic E-state index is 0. The first kappa shape index (κ1) is 25.6. The summed E-state index contributed by atoms with van der Waals surface area (Å²) in [6.07, 6.45) is 0. The van der Waals surface area contributed by atoms with Gasteiger partial charge in [-0.25, -0.2) is 0 Å². The molecule has 0 nitrogen and oxygen atoms in total. The average Bonchev–Trinajstić information content (AvgIpc) is 0. The van der Waals surface area contributed by atoms with Crippen LogP contribution in [0.3, 0.4) is 0 Å². The van der Waals surface area contributed by atoms with Crippen molar-refractivity contribution in [2.75, 3.05) is 0 Å². The van der Waals surface area contributed by atoms with Crippen molar-refractivity contribution >= 4 is 106 Å². The van der Waals surface area contributed by atoms with Gasteiger partial charge >= 0.3 is 0 Å². The second-order valence-electron chi connectivity index (χ2n) is 0. The summed E-state index contributed by atoms with van der Waals surface area (Å²) in [5.74, 6) is 0. The van der Waals surface area contributed by atoms with Gasteiger partial charge in [-0.3, -0.25) is 0 Å². The fourth-order valence-corrected chi connectivity index (χ4v) is 0. The van der Waals surface area contributed by atoms with Crippen LogP contribution in [0.5, 0.6) is 0 Å². The second-order valence-corrected chi connectivity index (χ2v) is 0. The van der Waals surface area contributed by atoms with Crippen molar-refractivity contribution in [2.24, 2.45) is 0 Å². The van der Waals surface area contributed by atoms with Crippen molar-refractivity contribution in [2.45, 2.75) is 0 Å². The van der Waals surface area contributed by atoms with Crippen molar-refractivity contribution in [3.8, 4) is 0 Å². The van der Waals surface area contributed by atoms with Crippen LogP contribution < -0.4 is 0 Å². The van der Waals surface area contributed by atoms with Gasteiger partial charge in [-0.2, -0.15) is 0 Å². The van der Waals surface area contributed by atoms with Gasteiger partial charge in [0.2, 0.25) is 0 Å². The van der Waals surface area contributed by atoms with Gasteiger partial charge in [0.15, 0.2) is 0 Å². The van der Waals surface area contributed by atoms with Crippen LogP contribution in [0.15, 0.2) is 0 Å². The molecule has 4 heavy (non-hydrogen) atoms. The molecule has 0 aliphatic rings. The molecule has 0 saturated heterocycles. The summed E-state index contributed by atoms with van der Waals surface area (Å²) < 4.78 is 0. The fraction of sp³-hybridized carbons (Fsp3) is 0. The topological polar surface area (TPSA) is 0 Å². The number of hydrogen-bond donors (Lipinski definition) is 0. The van der Waals surface area contributed by atoms with E-state index < -0.39 is 0 Å². The van der Waals surface area contributed by atoms with E-state index in [0.717, 1.165) is 0 Å². The molecule has 0 heterocycles. The smallest absolute Gasteiger partial charge is 0 e. The average molecular weight is 301 g/mol. The monoisotopic (exact) mass is 306 g/mol. The molecular weight excluding hydrogens is 301 g/mol. The molecule has 0 aromatic rings. The van der Waals surface area contributed by atoms with Gasteiger partial charge in [-0.05, 0) is 0 Å². The summed E-state index contributed by atoms with van der Waals surface area (Å²) in [7, 11) is 0. The maximum Gasteiger partial charge on any atom is 0 e. The first-order valence-electron chi connectivity index (χ1n) is 0. The van der Waals surface area contributed by atoms with E-state index in [-0.39, 0.29) is 106 Å². The van der Waals surface area contributed by atoms with E-state index in [2.05, 4.69) is 0 Å². The summed E-state index contributed by atoms with van der Waals surface area (Å²) in [5.41, 5.74) is 0. The largest absolute Gasteiger partial charge is 0 e. The Hall–Kier alpha value is 3.58. The molecule has 0 aromatic heterocycles. The van der Waals surface area contributed by atoms with Gasteiger partial charge in [0, 0.05) is 106 Å². The van der Waals surface area contributed by atoms with Crippen LogP contribution in [0, 0.1) is 0 Å². The van der Waals surface area contributed by atoms with Gasteiger partial charge < -0.3 is 0 Å². The molecule has 0 N–H and O–H groups in total. The summed E-state index contributed by atoms with van der Waals surface area (Å²) >= 11 is 0.